The molecule has 0 aliphatic rings. The number of methoxy groups -OCH3 is 1. The highest BCUT2D eigenvalue weighted by atomic mass is 16.5. The van der Waals surface area contributed by atoms with Gasteiger partial charge < -0.3 is 15.2 Å². The molecule has 20 heavy (non-hydrogen) atoms. The van der Waals surface area contributed by atoms with Crippen LogP contribution in [0.25, 0.3) is 11.3 Å². The molecule has 0 bridgehead atoms. The first-order valence-electron chi connectivity index (χ1n) is 6.43. The number of aromatic nitrogens is 3. The molecule has 2 aromatic heterocycles. The average Bonchev–Trinajstić information content (AvgIpc) is 2.45. The maximum Gasteiger partial charge on any atom is 0.157 e. The average molecular weight is 274 g/mol. The summed E-state index contributed by atoms with van der Waals surface area (Å²) in [5, 5.41) is 0. The van der Waals surface area contributed by atoms with Gasteiger partial charge in [-0.15, -0.1) is 0 Å². The molecular weight excluding hydrogens is 256 g/mol. The van der Waals surface area contributed by atoms with Crippen LogP contribution in [0, 0.1) is 0 Å². The number of anilines is 1. The third-order valence-electron chi connectivity index (χ3n) is 2.55. The minimum Gasteiger partial charge on any atom is -0.492 e. The van der Waals surface area contributed by atoms with Crippen LogP contribution in [0.15, 0.2) is 24.5 Å². The lowest BCUT2D eigenvalue weighted by Gasteiger charge is -2.08. The zero-order chi connectivity index (χ0) is 14.4. The van der Waals surface area contributed by atoms with Crippen LogP contribution in [0.3, 0.4) is 0 Å². The predicted molar refractivity (Wildman–Crippen MR) is 76.2 cm³/mol. The van der Waals surface area contributed by atoms with E-state index in [2.05, 4.69) is 21.9 Å². The van der Waals surface area contributed by atoms with E-state index in [1.807, 2.05) is 6.07 Å². The van der Waals surface area contributed by atoms with Crippen LogP contribution in [-0.4, -0.2) is 28.7 Å². The van der Waals surface area contributed by atoms with E-state index < -0.39 is 0 Å². The summed E-state index contributed by atoms with van der Waals surface area (Å²) in [7, 11) is 1.59. The number of nitrogens with two attached hydrogens (primary N) is 1. The Labute approximate surface area is 118 Å². The number of hydrogen-bond acceptors (Lipinski definition) is 6. The molecule has 0 saturated carbocycles. The SMILES string of the molecule is CCCOc1cncc(-c2cc(N)nc(COC)n2)c1. The zero-order valence-corrected chi connectivity index (χ0v) is 11.7. The van der Waals surface area contributed by atoms with Crippen molar-refractivity contribution >= 4 is 5.82 Å². The number of ether oxygens (including phenoxy) is 2. The number of rotatable bonds is 6. The summed E-state index contributed by atoms with van der Waals surface area (Å²) in [4.78, 5) is 12.7. The molecule has 0 aromatic carbocycles. The van der Waals surface area contributed by atoms with Gasteiger partial charge in [-0.25, -0.2) is 9.97 Å². The van der Waals surface area contributed by atoms with Crippen molar-refractivity contribution in [3.63, 3.8) is 0 Å². The van der Waals surface area contributed by atoms with E-state index in [0.717, 1.165) is 17.7 Å². The van der Waals surface area contributed by atoms with Crippen molar-refractivity contribution in [1.29, 1.82) is 0 Å². The fraction of sp³-hybridized carbons (Fsp3) is 0.357. The summed E-state index contributed by atoms with van der Waals surface area (Å²) in [6.45, 7) is 3.03. The molecule has 0 fully saturated rings. The van der Waals surface area contributed by atoms with Crippen LogP contribution >= 0.6 is 0 Å². The van der Waals surface area contributed by atoms with Crippen molar-refractivity contribution in [1.82, 2.24) is 15.0 Å². The van der Waals surface area contributed by atoms with Crippen molar-refractivity contribution in [2.24, 2.45) is 0 Å². The first-order valence-corrected chi connectivity index (χ1v) is 6.43. The lowest BCUT2D eigenvalue weighted by Crippen LogP contribution is -2.02. The van der Waals surface area contributed by atoms with E-state index in [-0.39, 0.29) is 0 Å². The highest BCUT2D eigenvalue weighted by molar-refractivity contribution is 5.62. The van der Waals surface area contributed by atoms with E-state index in [0.29, 0.717) is 30.5 Å². The number of hydrogen-bond donors (Lipinski definition) is 1. The molecular formula is C14H18N4O2. The lowest BCUT2D eigenvalue weighted by atomic mass is 10.2. The van der Waals surface area contributed by atoms with Gasteiger partial charge in [-0.05, 0) is 12.5 Å². The molecule has 2 aromatic rings. The zero-order valence-electron chi connectivity index (χ0n) is 11.7. The maximum atomic E-state index is 5.79. The second-order valence-corrected chi connectivity index (χ2v) is 4.29. The van der Waals surface area contributed by atoms with Crippen LogP contribution in [-0.2, 0) is 11.3 Å². The van der Waals surface area contributed by atoms with Gasteiger partial charge in [-0.3, -0.25) is 4.98 Å². The fourth-order valence-corrected chi connectivity index (χ4v) is 1.72. The number of nitrogens with zero attached hydrogens (tertiary/aromatic N) is 3. The highest BCUT2D eigenvalue weighted by Gasteiger charge is 2.07. The van der Waals surface area contributed by atoms with Crippen molar-refractivity contribution in [3.8, 4) is 17.0 Å². The van der Waals surface area contributed by atoms with E-state index in [4.69, 9.17) is 15.2 Å². The third kappa shape index (κ3) is 3.64. The van der Waals surface area contributed by atoms with Crippen LogP contribution in [0.5, 0.6) is 5.75 Å². The van der Waals surface area contributed by atoms with Gasteiger partial charge in [0.15, 0.2) is 5.82 Å². The van der Waals surface area contributed by atoms with E-state index in [1.54, 1.807) is 25.6 Å². The summed E-state index contributed by atoms with van der Waals surface area (Å²) in [5.74, 6) is 1.67. The Hall–Kier alpha value is -2.21. The highest BCUT2D eigenvalue weighted by Crippen LogP contribution is 2.22. The van der Waals surface area contributed by atoms with Gasteiger partial charge in [0, 0.05) is 24.9 Å². The minimum absolute atomic E-state index is 0.317. The molecule has 6 heteroatoms. The van der Waals surface area contributed by atoms with E-state index >= 15 is 0 Å². The Kier molecular flexibility index (Phi) is 4.84. The first kappa shape index (κ1) is 14.2. The summed E-state index contributed by atoms with van der Waals surface area (Å²) in [6.07, 6.45) is 4.35. The number of nitrogen functional groups attached to an aromatic ring is 1. The van der Waals surface area contributed by atoms with Crippen LogP contribution in [0.4, 0.5) is 5.82 Å². The molecule has 0 spiro atoms. The normalized spacial score (nSPS) is 10.5. The van der Waals surface area contributed by atoms with Crippen molar-refractivity contribution in [2.75, 3.05) is 19.5 Å². The molecule has 0 amide bonds. The minimum atomic E-state index is 0.317. The molecule has 0 atom stereocenters. The summed E-state index contributed by atoms with van der Waals surface area (Å²) in [6, 6.07) is 3.60. The van der Waals surface area contributed by atoms with Gasteiger partial charge >= 0.3 is 0 Å². The van der Waals surface area contributed by atoms with E-state index in [1.165, 1.54) is 0 Å². The van der Waals surface area contributed by atoms with Crippen molar-refractivity contribution in [3.05, 3.63) is 30.4 Å². The standard InChI is InChI=1S/C14H18N4O2/c1-3-4-20-11-5-10(7-16-8-11)12-6-13(15)18-14(17-12)9-19-2/h5-8H,3-4,9H2,1-2H3,(H2,15,17,18). The van der Waals surface area contributed by atoms with Gasteiger partial charge in [0.25, 0.3) is 0 Å². The van der Waals surface area contributed by atoms with Gasteiger partial charge in [0.2, 0.25) is 0 Å². The predicted octanol–water partition coefficient (Wildman–Crippen LogP) is 2.06. The molecule has 0 saturated heterocycles. The topological polar surface area (TPSA) is 83.2 Å². The molecule has 0 radical (unpaired) electrons. The van der Waals surface area contributed by atoms with Crippen LogP contribution < -0.4 is 10.5 Å². The first-order chi connectivity index (χ1) is 9.72. The molecule has 2 rings (SSSR count). The Morgan fingerprint density at radius 3 is 2.80 bits per heavy atom. The molecule has 0 unspecified atom stereocenters. The molecule has 2 heterocycles. The Morgan fingerprint density at radius 1 is 1.20 bits per heavy atom. The van der Waals surface area contributed by atoms with Gasteiger partial charge in [-0.1, -0.05) is 6.92 Å². The van der Waals surface area contributed by atoms with E-state index in [9.17, 15) is 0 Å². The Bertz CT molecular complexity index is 575. The second kappa shape index (κ2) is 6.81. The molecule has 0 aliphatic carbocycles. The molecule has 106 valence electrons. The quantitative estimate of drug-likeness (QED) is 0.868. The Morgan fingerprint density at radius 2 is 2.05 bits per heavy atom. The molecule has 0 aliphatic heterocycles. The van der Waals surface area contributed by atoms with Crippen LogP contribution in [0.2, 0.25) is 0 Å². The van der Waals surface area contributed by atoms with Crippen molar-refractivity contribution in [2.45, 2.75) is 20.0 Å². The Balaban J connectivity index is 2.30. The lowest BCUT2D eigenvalue weighted by molar-refractivity contribution is 0.178. The van der Waals surface area contributed by atoms with Crippen LogP contribution in [0.1, 0.15) is 19.2 Å². The molecule has 6 nitrogen and oxygen atoms in total. The smallest absolute Gasteiger partial charge is 0.157 e. The largest absolute Gasteiger partial charge is 0.492 e. The summed E-state index contributed by atoms with van der Waals surface area (Å²) >= 11 is 0. The third-order valence-corrected chi connectivity index (χ3v) is 2.55. The molecule has 2 N–H and O–H groups in total. The van der Waals surface area contributed by atoms with Gasteiger partial charge in [-0.2, -0.15) is 0 Å². The summed E-state index contributed by atoms with van der Waals surface area (Å²) in [5.41, 5.74) is 7.33. The van der Waals surface area contributed by atoms with Gasteiger partial charge in [0.1, 0.15) is 18.2 Å². The second-order valence-electron chi connectivity index (χ2n) is 4.29. The van der Waals surface area contributed by atoms with Crippen molar-refractivity contribution < 1.29 is 9.47 Å². The number of pyridine rings is 1. The summed E-state index contributed by atoms with van der Waals surface area (Å²) < 4.78 is 10.6. The fourth-order valence-electron chi connectivity index (χ4n) is 1.72. The van der Waals surface area contributed by atoms with Gasteiger partial charge in [0.05, 0.1) is 18.5 Å². The maximum absolute atomic E-state index is 5.79. The monoisotopic (exact) mass is 274 g/mol.